The molecule has 2 amide bonds. The molecule has 0 aliphatic carbocycles. The van der Waals surface area contributed by atoms with Crippen molar-refractivity contribution in [3.8, 4) is 0 Å². The Balaban J connectivity index is 1.31. The van der Waals surface area contributed by atoms with E-state index in [2.05, 4.69) is 4.90 Å². The second-order valence-corrected chi connectivity index (χ2v) is 9.83. The van der Waals surface area contributed by atoms with E-state index in [1.54, 1.807) is 17.0 Å². The molecule has 3 aliphatic rings. The molecule has 0 aromatic heterocycles. The van der Waals surface area contributed by atoms with Crippen LogP contribution < -0.4 is 9.80 Å². The van der Waals surface area contributed by atoms with Crippen LogP contribution in [0.3, 0.4) is 0 Å². The van der Waals surface area contributed by atoms with E-state index in [1.165, 1.54) is 11.0 Å². The van der Waals surface area contributed by atoms with E-state index in [-0.39, 0.29) is 25.3 Å². The van der Waals surface area contributed by atoms with Gasteiger partial charge in [0.1, 0.15) is 17.5 Å². The lowest BCUT2D eigenvalue weighted by atomic mass is 10.1. The van der Waals surface area contributed by atoms with Crippen LogP contribution in [-0.4, -0.2) is 97.3 Å². The van der Waals surface area contributed by atoms with Crippen molar-refractivity contribution in [2.24, 2.45) is 0 Å². The minimum atomic E-state index is -0.588. The maximum Gasteiger partial charge on any atom is 0.414 e. The Morgan fingerprint density at radius 1 is 1.18 bits per heavy atom. The highest BCUT2D eigenvalue weighted by Crippen LogP contribution is 2.29. The van der Waals surface area contributed by atoms with E-state index in [1.807, 2.05) is 25.7 Å². The van der Waals surface area contributed by atoms with Gasteiger partial charge in [0.25, 0.3) is 0 Å². The molecule has 3 aliphatic heterocycles. The van der Waals surface area contributed by atoms with Crippen molar-refractivity contribution in [3.05, 3.63) is 24.0 Å². The maximum absolute atomic E-state index is 14.9. The lowest BCUT2D eigenvalue weighted by molar-refractivity contribution is 0.0279. The number of piperazine rings is 1. The Morgan fingerprint density at radius 2 is 1.91 bits per heavy atom. The van der Waals surface area contributed by atoms with Gasteiger partial charge in [-0.2, -0.15) is 0 Å². The topological polar surface area (TPSA) is 85.8 Å². The molecule has 3 saturated heterocycles. The zero-order valence-corrected chi connectivity index (χ0v) is 19.5. The van der Waals surface area contributed by atoms with Crippen molar-refractivity contribution >= 4 is 23.6 Å². The third kappa shape index (κ3) is 5.33. The number of aliphatic hydroxyl groups is 1. The number of carbonyl (C=O) groups excluding carboxylic acids is 2. The van der Waals surface area contributed by atoms with Crippen LogP contribution >= 0.6 is 0 Å². The number of hydrogen-bond donors (Lipinski definition) is 1. The van der Waals surface area contributed by atoms with Gasteiger partial charge in [0.15, 0.2) is 0 Å². The Morgan fingerprint density at radius 3 is 2.52 bits per heavy atom. The van der Waals surface area contributed by atoms with Crippen LogP contribution in [0.5, 0.6) is 0 Å². The van der Waals surface area contributed by atoms with Gasteiger partial charge in [0.05, 0.1) is 24.5 Å². The molecule has 2 atom stereocenters. The molecule has 0 unspecified atom stereocenters. The third-order valence-electron chi connectivity index (χ3n) is 6.31. The summed E-state index contributed by atoms with van der Waals surface area (Å²) in [5.74, 6) is -0.391. The van der Waals surface area contributed by atoms with Gasteiger partial charge in [-0.3, -0.25) is 9.80 Å². The van der Waals surface area contributed by atoms with Crippen LogP contribution in [0.15, 0.2) is 18.2 Å². The van der Waals surface area contributed by atoms with Gasteiger partial charge in [-0.1, -0.05) is 0 Å². The predicted octanol–water partition coefficient (Wildman–Crippen LogP) is 2.27. The zero-order chi connectivity index (χ0) is 23.8. The molecule has 4 rings (SSSR count). The molecule has 182 valence electrons. The van der Waals surface area contributed by atoms with Gasteiger partial charge in [0, 0.05) is 45.3 Å². The van der Waals surface area contributed by atoms with Crippen LogP contribution in [0.25, 0.3) is 0 Å². The monoisotopic (exact) mass is 464 g/mol. The van der Waals surface area contributed by atoms with E-state index in [4.69, 9.17) is 9.47 Å². The van der Waals surface area contributed by atoms with Gasteiger partial charge in [-0.25, -0.2) is 14.0 Å². The Kier molecular flexibility index (Phi) is 6.67. The van der Waals surface area contributed by atoms with E-state index in [9.17, 15) is 19.1 Å². The standard InChI is InChI=1S/C23H33FN4O5/c1-23(2,3)33-21(30)27-7-6-17(13-27)25-8-10-26(11-9-25)20-5-4-16(12-19(20)24)28-14-18(15-29)32-22(28)31/h4-5,12,17-18,29H,6-11,13-15H2,1-3H3/t17-,18-/m1/s1. The molecule has 3 heterocycles. The van der Waals surface area contributed by atoms with Gasteiger partial charge < -0.3 is 24.4 Å². The summed E-state index contributed by atoms with van der Waals surface area (Å²) in [7, 11) is 0. The molecule has 0 saturated carbocycles. The van der Waals surface area contributed by atoms with Crippen molar-refractivity contribution in [1.29, 1.82) is 0 Å². The van der Waals surface area contributed by atoms with Crippen LogP contribution in [0, 0.1) is 5.82 Å². The fourth-order valence-corrected chi connectivity index (χ4v) is 4.61. The Bertz CT molecular complexity index is 884. The summed E-state index contributed by atoms with van der Waals surface area (Å²) >= 11 is 0. The normalized spacial score (nSPS) is 24.4. The number of carbonyl (C=O) groups is 2. The van der Waals surface area contributed by atoms with Gasteiger partial charge in [-0.15, -0.1) is 0 Å². The summed E-state index contributed by atoms with van der Waals surface area (Å²) in [6.45, 7) is 9.80. The van der Waals surface area contributed by atoms with Crippen molar-refractivity contribution in [3.63, 3.8) is 0 Å². The first-order chi connectivity index (χ1) is 15.6. The molecule has 1 aromatic carbocycles. The van der Waals surface area contributed by atoms with Crippen LogP contribution in [0.2, 0.25) is 0 Å². The fourth-order valence-electron chi connectivity index (χ4n) is 4.61. The van der Waals surface area contributed by atoms with Crippen molar-refractivity contribution in [2.75, 3.05) is 62.2 Å². The van der Waals surface area contributed by atoms with E-state index < -0.39 is 23.6 Å². The van der Waals surface area contributed by atoms with Crippen LogP contribution in [-0.2, 0) is 9.47 Å². The van der Waals surface area contributed by atoms with Crippen molar-refractivity contribution < 1.29 is 28.6 Å². The first-order valence-electron chi connectivity index (χ1n) is 11.5. The molecular weight excluding hydrogens is 431 g/mol. The molecule has 33 heavy (non-hydrogen) atoms. The highest BCUT2D eigenvalue weighted by molar-refractivity contribution is 5.90. The van der Waals surface area contributed by atoms with Crippen LogP contribution in [0.1, 0.15) is 27.2 Å². The van der Waals surface area contributed by atoms with Gasteiger partial charge in [-0.05, 0) is 45.4 Å². The summed E-state index contributed by atoms with van der Waals surface area (Å²) in [6.07, 6.45) is -0.525. The Labute approximate surface area is 193 Å². The molecule has 0 spiro atoms. The summed E-state index contributed by atoms with van der Waals surface area (Å²) in [5.41, 5.74) is 0.422. The summed E-state index contributed by atoms with van der Waals surface area (Å²) in [5, 5.41) is 9.19. The average molecular weight is 465 g/mol. The highest BCUT2D eigenvalue weighted by Gasteiger charge is 2.35. The molecule has 3 fully saturated rings. The second-order valence-electron chi connectivity index (χ2n) is 9.83. The first-order valence-corrected chi connectivity index (χ1v) is 11.5. The highest BCUT2D eigenvalue weighted by atomic mass is 19.1. The number of rotatable bonds is 4. The minimum Gasteiger partial charge on any atom is -0.444 e. The number of nitrogens with zero attached hydrogens (tertiary/aromatic N) is 4. The molecule has 1 aromatic rings. The summed E-state index contributed by atoms with van der Waals surface area (Å²) in [4.78, 5) is 31.8. The largest absolute Gasteiger partial charge is 0.444 e. The number of hydrogen-bond acceptors (Lipinski definition) is 7. The number of aliphatic hydroxyl groups excluding tert-OH is 1. The van der Waals surface area contributed by atoms with Crippen LogP contribution in [0.4, 0.5) is 25.4 Å². The molecule has 10 heteroatoms. The average Bonchev–Trinajstić information content (AvgIpc) is 3.40. The lowest BCUT2D eigenvalue weighted by Gasteiger charge is -2.39. The number of amides is 2. The lowest BCUT2D eigenvalue weighted by Crippen LogP contribution is -2.51. The van der Waals surface area contributed by atoms with E-state index >= 15 is 0 Å². The minimum absolute atomic E-state index is 0.203. The quantitative estimate of drug-likeness (QED) is 0.732. The number of likely N-dealkylation sites (tertiary alicyclic amines) is 1. The number of halogens is 1. The predicted molar refractivity (Wildman–Crippen MR) is 121 cm³/mol. The Hall–Kier alpha value is -2.59. The van der Waals surface area contributed by atoms with Gasteiger partial charge >= 0.3 is 12.2 Å². The van der Waals surface area contributed by atoms with Crippen molar-refractivity contribution in [1.82, 2.24) is 9.80 Å². The third-order valence-corrected chi connectivity index (χ3v) is 6.31. The number of benzene rings is 1. The van der Waals surface area contributed by atoms with Crippen molar-refractivity contribution in [2.45, 2.75) is 44.9 Å². The van der Waals surface area contributed by atoms with Gasteiger partial charge in [0.2, 0.25) is 0 Å². The number of anilines is 2. The first kappa shape index (κ1) is 23.6. The fraction of sp³-hybridized carbons (Fsp3) is 0.652. The number of cyclic esters (lactones) is 1. The smallest absolute Gasteiger partial charge is 0.414 e. The summed E-state index contributed by atoms with van der Waals surface area (Å²) < 4.78 is 25.4. The summed E-state index contributed by atoms with van der Waals surface area (Å²) in [6, 6.07) is 5.03. The molecular formula is C23H33FN4O5. The molecule has 9 nitrogen and oxygen atoms in total. The molecule has 0 bridgehead atoms. The SMILES string of the molecule is CC(C)(C)OC(=O)N1CC[C@@H](N2CCN(c3ccc(N4C[C@H](CO)OC4=O)cc3F)CC2)C1. The second kappa shape index (κ2) is 9.34. The number of ether oxygens (including phenoxy) is 2. The van der Waals surface area contributed by atoms with E-state index in [0.717, 1.165) is 19.5 Å². The molecule has 0 radical (unpaired) electrons. The maximum atomic E-state index is 14.9. The van der Waals surface area contributed by atoms with E-state index in [0.29, 0.717) is 37.6 Å². The zero-order valence-electron chi connectivity index (χ0n) is 19.5. The molecule has 1 N–H and O–H groups in total.